The molecule has 1 fully saturated rings. The standard InChI is InChI=1S/C19H19BrFN3O2/c20-16-12-14(6-7-17(16)21)22-19(23-26)18(25)13-8-10-24(11-9-13)15-4-2-1-3-5-15/h1-7,12-13,26H,8-11H2,(H,22,23). The molecule has 1 heterocycles. The van der Waals surface area contributed by atoms with E-state index in [0.29, 0.717) is 18.5 Å². The van der Waals surface area contributed by atoms with Crippen LogP contribution >= 0.6 is 15.9 Å². The zero-order valence-electron chi connectivity index (χ0n) is 14.0. The predicted molar refractivity (Wildman–Crippen MR) is 103 cm³/mol. The molecule has 136 valence electrons. The van der Waals surface area contributed by atoms with Crippen molar-refractivity contribution in [3.05, 3.63) is 58.8 Å². The van der Waals surface area contributed by atoms with E-state index in [1.165, 1.54) is 18.2 Å². The molecule has 3 rings (SSSR count). The first-order valence-corrected chi connectivity index (χ1v) is 9.16. The minimum atomic E-state index is -0.405. The lowest BCUT2D eigenvalue weighted by molar-refractivity contribution is -0.117. The minimum Gasteiger partial charge on any atom is -0.409 e. The average Bonchev–Trinajstić information content (AvgIpc) is 2.69. The second-order valence-corrected chi connectivity index (χ2v) is 7.02. The van der Waals surface area contributed by atoms with Gasteiger partial charge in [0, 0.05) is 30.4 Å². The van der Waals surface area contributed by atoms with Crippen molar-refractivity contribution in [2.24, 2.45) is 11.1 Å². The van der Waals surface area contributed by atoms with Gasteiger partial charge in [0.2, 0.25) is 11.6 Å². The fraction of sp³-hybridized carbons (Fsp3) is 0.263. The summed E-state index contributed by atoms with van der Waals surface area (Å²) in [6.45, 7) is 1.53. The molecule has 0 saturated carbocycles. The molecule has 1 aliphatic heterocycles. The number of piperidine rings is 1. The fourth-order valence-electron chi connectivity index (χ4n) is 3.08. The molecule has 7 heteroatoms. The Bertz CT molecular complexity index is 806. The Hall–Kier alpha value is -2.41. The van der Waals surface area contributed by atoms with Crippen LogP contribution in [-0.4, -0.2) is 29.9 Å². The summed E-state index contributed by atoms with van der Waals surface area (Å²) < 4.78 is 13.6. The average molecular weight is 420 g/mol. The number of ketones is 1. The highest BCUT2D eigenvalue weighted by atomic mass is 79.9. The number of anilines is 2. The number of halogens is 2. The SMILES string of the molecule is O=C(/C(=N/O)Nc1ccc(F)c(Br)c1)C1CCN(c2ccccc2)CC1. The summed E-state index contributed by atoms with van der Waals surface area (Å²) >= 11 is 3.09. The second-order valence-electron chi connectivity index (χ2n) is 6.16. The number of carbonyl (C=O) groups excluding carboxylic acids is 1. The van der Waals surface area contributed by atoms with Gasteiger partial charge >= 0.3 is 0 Å². The molecule has 0 atom stereocenters. The molecule has 0 bridgehead atoms. The van der Waals surface area contributed by atoms with Gasteiger partial charge in [0.25, 0.3) is 0 Å². The number of carbonyl (C=O) groups is 1. The number of hydrogen-bond acceptors (Lipinski definition) is 4. The third kappa shape index (κ3) is 4.22. The molecule has 0 radical (unpaired) electrons. The Morgan fingerprint density at radius 2 is 1.88 bits per heavy atom. The van der Waals surface area contributed by atoms with Gasteiger partial charge in [-0.15, -0.1) is 0 Å². The summed E-state index contributed by atoms with van der Waals surface area (Å²) in [7, 11) is 0. The fourth-order valence-corrected chi connectivity index (χ4v) is 3.46. The number of Topliss-reactive ketones (excluding diaryl/α,β-unsaturated/α-hetero) is 1. The van der Waals surface area contributed by atoms with Crippen molar-refractivity contribution >= 4 is 38.9 Å². The smallest absolute Gasteiger partial charge is 0.213 e. The monoisotopic (exact) mass is 419 g/mol. The van der Waals surface area contributed by atoms with E-state index in [4.69, 9.17) is 0 Å². The van der Waals surface area contributed by atoms with Crippen LogP contribution in [0.3, 0.4) is 0 Å². The van der Waals surface area contributed by atoms with E-state index in [0.717, 1.165) is 18.8 Å². The molecule has 0 spiro atoms. The van der Waals surface area contributed by atoms with Crippen molar-refractivity contribution in [1.29, 1.82) is 0 Å². The van der Waals surface area contributed by atoms with Gasteiger partial charge in [0.1, 0.15) is 5.82 Å². The third-order valence-corrected chi connectivity index (χ3v) is 5.11. The maximum absolute atomic E-state index is 13.3. The molecule has 2 aromatic carbocycles. The van der Waals surface area contributed by atoms with Gasteiger partial charge in [-0.3, -0.25) is 4.79 Å². The zero-order chi connectivity index (χ0) is 18.5. The number of rotatable bonds is 4. The zero-order valence-corrected chi connectivity index (χ0v) is 15.6. The van der Waals surface area contributed by atoms with Crippen LogP contribution in [0.15, 0.2) is 58.2 Å². The summed E-state index contributed by atoms with van der Waals surface area (Å²) in [5.74, 6) is -0.975. The highest BCUT2D eigenvalue weighted by Crippen LogP contribution is 2.25. The number of benzene rings is 2. The number of para-hydroxylation sites is 1. The van der Waals surface area contributed by atoms with E-state index in [1.807, 2.05) is 18.2 Å². The maximum atomic E-state index is 13.3. The van der Waals surface area contributed by atoms with E-state index >= 15 is 0 Å². The van der Waals surface area contributed by atoms with Gasteiger partial charge in [-0.1, -0.05) is 23.4 Å². The Kier molecular flexibility index (Phi) is 5.88. The molecular formula is C19H19BrFN3O2. The highest BCUT2D eigenvalue weighted by molar-refractivity contribution is 9.10. The predicted octanol–water partition coefficient (Wildman–Crippen LogP) is 4.27. The topological polar surface area (TPSA) is 64.9 Å². The van der Waals surface area contributed by atoms with Gasteiger partial charge in [0.15, 0.2) is 0 Å². The lowest BCUT2D eigenvalue weighted by atomic mass is 9.91. The van der Waals surface area contributed by atoms with Gasteiger partial charge in [-0.05, 0) is 59.1 Å². The Morgan fingerprint density at radius 3 is 2.50 bits per heavy atom. The highest BCUT2D eigenvalue weighted by Gasteiger charge is 2.28. The quantitative estimate of drug-likeness (QED) is 0.336. The van der Waals surface area contributed by atoms with Crippen LogP contribution in [0.25, 0.3) is 0 Å². The molecular weight excluding hydrogens is 401 g/mol. The Morgan fingerprint density at radius 1 is 1.19 bits per heavy atom. The normalized spacial score (nSPS) is 15.8. The number of nitrogens with zero attached hydrogens (tertiary/aromatic N) is 2. The van der Waals surface area contributed by atoms with Crippen LogP contribution < -0.4 is 10.2 Å². The Balaban J connectivity index is 1.62. The van der Waals surface area contributed by atoms with E-state index in [-0.39, 0.29) is 22.0 Å². The van der Waals surface area contributed by atoms with Crippen molar-refractivity contribution in [1.82, 2.24) is 0 Å². The van der Waals surface area contributed by atoms with Crippen LogP contribution in [0.5, 0.6) is 0 Å². The number of amidine groups is 1. The lowest BCUT2D eigenvalue weighted by Crippen LogP contribution is -2.39. The number of hydrogen-bond donors (Lipinski definition) is 2. The van der Waals surface area contributed by atoms with Crippen LogP contribution in [0.4, 0.5) is 15.8 Å². The van der Waals surface area contributed by atoms with Crippen molar-refractivity contribution in [2.75, 3.05) is 23.3 Å². The Labute approximate surface area is 159 Å². The summed E-state index contributed by atoms with van der Waals surface area (Å²) in [5.41, 5.74) is 1.62. The van der Waals surface area contributed by atoms with E-state index in [1.54, 1.807) is 0 Å². The number of nitrogens with one attached hydrogen (secondary N) is 1. The van der Waals surface area contributed by atoms with Crippen LogP contribution in [-0.2, 0) is 4.79 Å². The molecule has 0 unspecified atom stereocenters. The summed E-state index contributed by atoms with van der Waals surface area (Å²) in [6.07, 6.45) is 1.36. The first-order valence-electron chi connectivity index (χ1n) is 8.37. The minimum absolute atomic E-state index is 0.123. The van der Waals surface area contributed by atoms with E-state index in [9.17, 15) is 14.4 Å². The van der Waals surface area contributed by atoms with E-state index in [2.05, 4.69) is 43.4 Å². The molecule has 26 heavy (non-hydrogen) atoms. The summed E-state index contributed by atoms with van der Waals surface area (Å²) in [6, 6.07) is 14.3. The first-order chi connectivity index (χ1) is 12.6. The second kappa shape index (κ2) is 8.31. The molecule has 1 aliphatic rings. The largest absolute Gasteiger partial charge is 0.409 e. The summed E-state index contributed by atoms with van der Waals surface area (Å²) in [4.78, 5) is 14.9. The lowest BCUT2D eigenvalue weighted by Gasteiger charge is -2.33. The van der Waals surface area contributed by atoms with Crippen LogP contribution in [0, 0.1) is 11.7 Å². The molecule has 0 aromatic heterocycles. The van der Waals surface area contributed by atoms with Crippen molar-refractivity contribution < 1.29 is 14.4 Å². The molecule has 0 amide bonds. The molecule has 5 nitrogen and oxygen atoms in total. The molecule has 2 aromatic rings. The van der Waals surface area contributed by atoms with Gasteiger partial charge in [-0.25, -0.2) is 4.39 Å². The van der Waals surface area contributed by atoms with Gasteiger partial charge < -0.3 is 15.4 Å². The molecule has 0 aliphatic carbocycles. The summed E-state index contributed by atoms with van der Waals surface area (Å²) in [5, 5.41) is 15.1. The van der Waals surface area contributed by atoms with Crippen molar-refractivity contribution in [3.63, 3.8) is 0 Å². The van der Waals surface area contributed by atoms with E-state index < -0.39 is 5.82 Å². The van der Waals surface area contributed by atoms with Gasteiger partial charge in [-0.2, -0.15) is 0 Å². The van der Waals surface area contributed by atoms with Crippen molar-refractivity contribution in [2.45, 2.75) is 12.8 Å². The van der Waals surface area contributed by atoms with Crippen LogP contribution in [0.2, 0.25) is 0 Å². The molecule has 1 saturated heterocycles. The van der Waals surface area contributed by atoms with Gasteiger partial charge in [0.05, 0.1) is 4.47 Å². The first kappa shape index (κ1) is 18.4. The third-order valence-electron chi connectivity index (χ3n) is 4.50. The maximum Gasteiger partial charge on any atom is 0.213 e. The van der Waals surface area contributed by atoms with Crippen LogP contribution in [0.1, 0.15) is 12.8 Å². The molecule has 2 N–H and O–H groups in total. The van der Waals surface area contributed by atoms with Crippen molar-refractivity contribution in [3.8, 4) is 0 Å². The number of oxime groups is 1.